The summed E-state index contributed by atoms with van der Waals surface area (Å²) in [4.78, 5) is 18.6. The number of hydrogen-bond donors (Lipinski definition) is 1. The summed E-state index contributed by atoms with van der Waals surface area (Å²) < 4.78 is 33.5. The highest BCUT2D eigenvalue weighted by Gasteiger charge is 2.44. The number of pyridine rings is 1. The molecule has 3 aliphatic rings. The van der Waals surface area contributed by atoms with Crippen molar-refractivity contribution >= 4 is 15.9 Å². The number of ether oxygens (including phenoxy) is 1. The van der Waals surface area contributed by atoms with E-state index in [0.717, 1.165) is 25.7 Å². The molecule has 2 fully saturated rings. The van der Waals surface area contributed by atoms with E-state index in [0.29, 0.717) is 13.1 Å². The largest absolute Gasteiger partial charge is 0.470 e. The van der Waals surface area contributed by atoms with Gasteiger partial charge in [0.25, 0.3) is 0 Å². The van der Waals surface area contributed by atoms with Crippen LogP contribution in [0.15, 0.2) is 23.2 Å². The quantitative estimate of drug-likeness (QED) is 0.812. The number of nitrogens with one attached hydrogen (secondary N) is 1. The summed E-state index contributed by atoms with van der Waals surface area (Å²) in [5, 5.41) is 0. The Morgan fingerprint density at radius 2 is 2.04 bits per heavy atom. The highest BCUT2D eigenvalue weighted by atomic mass is 32.2. The maximum Gasteiger partial charge on any atom is 0.246 e. The normalized spacial score (nSPS) is 29.2. The number of carbonyl (C=O) groups excluding carboxylic acids is 1. The van der Waals surface area contributed by atoms with Crippen LogP contribution in [0.5, 0.6) is 5.88 Å². The Morgan fingerprint density at radius 3 is 2.83 bits per heavy atom. The molecule has 0 spiro atoms. The van der Waals surface area contributed by atoms with Crippen molar-refractivity contribution in [3.63, 3.8) is 0 Å². The van der Waals surface area contributed by atoms with Crippen LogP contribution in [0.3, 0.4) is 0 Å². The fraction of sp³-hybridized carbons (Fsp3) is 0.625. The van der Waals surface area contributed by atoms with Crippen LogP contribution < -0.4 is 9.46 Å². The molecular weight excluding hydrogens is 330 g/mol. The molecule has 1 saturated heterocycles. The zero-order chi connectivity index (χ0) is 16.7. The van der Waals surface area contributed by atoms with Gasteiger partial charge in [0.2, 0.25) is 21.8 Å². The van der Waals surface area contributed by atoms with Crippen molar-refractivity contribution in [1.82, 2.24) is 14.6 Å². The third kappa shape index (κ3) is 2.77. The van der Waals surface area contributed by atoms with Gasteiger partial charge in [-0.05, 0) is 25.0 Å². The van der Waals surface area contributed by atoms with Crippen molar-refractivity contribution in [2.45, 2.75) is 49.1 Å². The minimum atomic E-state index is -3.68. The minimum Gasteiger partial charge on any atom is -0.470 e. The Balaban J connectivity index is 1.55. The number of carbonyl (C=O) groups is 1. The SMILES string of the molecule is O=C(C1CCCCC1)N1C[C@@H]2Oc3ncccc3S(=O)(=O)N[C@@H]2C1. The molecule has 1 aromatic heterocycles. The second-order valence-corrected chi connectivity index (χ2v) is 8.45. The summed E-state index contributed by atoms with van der Waals surface area (Å²) in [6.45, 7) is 0.756. The fourth-order valence-corrected chi connectivity index (χ4v) is 5.21. The van der Waals surface area contributed by atoms with Gasteiger partial charge in [-0.1, -0.05) is 19.3 Å². The van der Waals surface area contributed by atoms with Gasteiger partial charge in [-0.15, -0.1) is 0 Å². The number of nitrogens with zero attached hydrogens (tertiary/aromatic N) is 2. The molecule has 2 aliphatic heterocycles. The molecule has 8 heteroatoms. The second-order valence-electron chi connectivity index (χ2n) is 6.77. The molecule has 0 radical (unpaired) electrons. The Kier molecular flexibility index (Phi) is 3.96. The fourth-order valence-electron chi connectivity index (χ4n) is 3.87. The topological polar surface area (TPSA) is 88.6 Å². The molecule has 130 valence electrons. The molecule has 3 heterocycles. The third-order valence-electron chi connectivity index (χ3n) is 5.13. The Bertz CT molecular complexity index is 745. The van der Waals surface area contributed by atoms with Crippen LogP contribution in [0.1, 0.15) is 32.1 Å². The van der Waals surface area contributed by atoms with Crippen molar-refractivity contribution in [3.8, 4) is 5.88 Å². The molecular formula is C16H21N3O4S. The Hall–Kier alpha value is -1.67. The lowest BCUT2D eigenvalue weighted by molar-refractivity contribution is -0.135. The maximum absolute atomic E-state index is 12.7. The monoisotopic (exact) mass is 351 g/mol. The van der Waals surface area contributed by atoms with Crippen molar-refractivity contribution in [3.05, 3.63) is 18.3 Å². The number of amides is 1. The first kappa shape index (κ1) is 15.8. The molecule has 1 saturated carbocycles. The number of rotatable bonds is 1. The van der Waals surface area contributed by atoms with Crippen LogP contribution in [-0.4, -0.2) is 49.4 Å². The summed E-state index contributed by atoms with van der Waals surface area (Å²) >= 11 is 0. The molecule has 4 rings (SSSR count). The van der Waals surface area contributed by atoms with E-state index in [-0.39, 0.29) is 22.6 Å². The number of likely N-dealkylation sites (tertiary alicyclic amines) is 1. The molecule has 1 amide bonds. The average Bonchev–Trinajstić information content (AvgIpc) is 2.92. The second kappa shape index (κ2) is 6.00. The Morgan fingerprint density at radius 1 is 1.25 bits per heavy atom. The van der Waals surface area contributed by atoms with E-state index in [1.54, 1.807) is 11.0 Å². The number of fused-ring (bicyclic) bond motifs is 2. The Labute approximate surface area is 141 Å². The highest BCUT2D eigenvalue weighted by Crippen LogP contribution is 2.31. The molecule has 7 nitrogen and oxygen atoms in total. The van der Waals surface area contributed by atoms with Crippen LogP contribution in [0.25, 0.3) is 0 Å². The van der Waals surface area contributed by atoms with Crippen LogP contribution >= 0.6 is 0 Å². The maximum atomic E-state index is 12.7. The van der Waals surface area contributed by atoms with Gasteiger partial charge in [0.05, 0.1) is 12.6 Å². The van der Waals surface area contributed by atoms with Gasteiger partial charge < -0.3 is 9.64 Å². The van der Waals surface area contributed by atoms with Gasteiger partial charge in [-0.25, -0.2) is 18.1 Å². The van der Waals surface area contributed by atoms with Gasteiger partial charge in [0.15, 0.2) is 0 Å². The van der Waals surface area contributed by atoms with Crippen LogP contribution in [0.4, 0.5) is 0 Å². The van der Waals surface area contributed by atoms with Crippen molar-refractivity contribution < 1.29 is 17.9 Å². The van der Waals surface area contributed by atoms with E-state index < -0.39 is 22.2 Å². The number of sulfonamides is 1. The van der Waals surface area contributed by atoms with Crippen molar-refractivity contribution in [2.24, 2.45) is 5.92 Å². The van der Waals surface area contributed by atoms with Gasteiger partial charge >= 0.3 is 0 Å². The predicted molar refractivity (Wildman–Crippen MR) is 85.9 cm³/mol. The first-order valence-electron chi connectivity index (χ1n) is 8.47. The lowest BCUT2D eigenvalue weighted by Gasteiger charge is -2.26. The summed E-state index contributed by atoms with van der Waals surface area (Å²) in [7, 11) is -3.68. The van der Waals surface area contributed by atoms with E-state index in [2.05, 4.69) is 9.71 Å². The van der Waals surface area contributed by atoms with E-state index in [1.807, 2.05) is 0 Å². The number of hydrogen-bond acceptors (Lipinski definition) is 5. The molecule has 2 atom stereocenters. The van der Waals surface area contributed by atoms with Gasteiger partial charge in [-0.3, -0.25) is 4.79 Å². The van der Waals surface area contributed by atoms with Crippen LogP contribution in [0.2, 0.25) is 0 Å². The first-order chi connectivity index (χ1) is 11.5. The number of aromatic nitrogens is 1. The smallest absolute Gasteiger partial charge is 0.246 e. The van der Waals surface area contributed by atoms with E-state index in [4.69, 9.17) is 4.74 Å². The molecule has 1 N–H and O–H groups in total. The lowest BCUT2D eigenvalue weighted by Crippen LogP contribution is -2.43. The minimum absolute atomic E-state index is 0.0598. The summed E-state index contributed by atoms with van der Waals surface area (Å²) in [5.74, 6) is 0.319. The van der Waals surface area contributed by atoms with Crippen molar-refractivity contribution in [1.29, 1.82) is 0 Å². The molecule has 1 aromatic rings. The lowest BCUT2D eigenvalue weighted by atomic mass is 9.88. The van der Waals surface area contributed by atoms with Gasteiger partial charge in [0, 0.05) is 18.7 Å². The molecule has 0 bridgehead atoms. The van der Waals surface area contributed by atoms with Gasteiger partial charge in [0.1, 0.15) is 11.0 Å². The average molecular weight is 351 g/mol. The molecule has 0 aromatic carbocycles. The van der Waals surface area contributed by atoms with Gasteiger partial charge in [-0.2, -0.15) is 0 Å². The molecule has 1 aliphatic carbocycles. The molecule has 0 unspecified atom stereocenters. The standard InChI is InChI=1S/C16H21N3O4S/c20-16(11-5-2-1-3-6-11)19-9-12-13(10-19)23-15-14(7-4-8-17-15)24(21,22)18-12/h4,7-8,11-13,18H,1-3,5-6,9-10H2/t12-,13+/m1/s1. The summed E-state index contributed by atoms with van der Waals surface area (Å²) in [6, 6.07) is 2.62. The molecule has 24 heavy (non-hydrogen) atoms. The first-order valence-corrected chi connectivity index (χ1v) is 9.96. The van der Waals surface area contributed by atoms with Crippen LogP contribution in [0, 0.1) is 5.92 Å². The van der Waals surface area contributed by atoms with Crippen molar-refractivity contribution in [2.75, 3.05) is 13.1 Å². The summed E-state index contributed by atoms with van der Waals surface area (Å²) in [5.41, 5.74) is 0. The highest BCUT2D eigenvalue weighted by molar-refractivity contribution is 7.89. The summed E-state index contributed by atoms with van der Waals surface area (Å²) in [6.07, 6.45) is 6.36. The predicted octanol–water partition coefficient (Wildman–Crippen LogP) is 0.912. The van der Waals surface area contributed by atoms with E-state index in [1.165, 1.54) is 18.7 Å². The van der Waals surface area contributed by atoms with Crippen LogP contribution in [-0.2, 0) is 14.8 Å². The zero-order valence-electron chi connectivity index (χ0n) is 13.3. The van der Waals surface area contributed by atoms with E-state index >= 15 is 0 Å². The zero-order valence-corrected chi connectivity index (χ0v) is 14.2. The van der Waals surface area contributed by atoms with E-state index in [9.17, 15) is 13.2 Å². The third-order valence-corrected chi connectivity index (χ3v) is 6.63.